The van der Waals surface area contributed by atoms with Gasteiger partial charge in [0.15, 0.2) is 0 Å². The van der Waals surface area contributed by atoms with Gasteiger partial charge in [0.1, 0.15) is 0 Å². The number of nitrogens with one attached hydrogen (secondary N) is 1. The fourth-order valence-corrected chi connectivity index (χ4v) is 3.88. The van der Waals surface area contributed by atoms with Gasteiger partial charge in [-0.05, 0) is 42.0 Å². The van der Waals surface area contributed by atoms with Crippen LogP contribution >= 0.6 is 23.2 Å². The van der Waals surface area contributed by atoms with E-state index in [9.17, 15) is 8.42 Å². The van der Waals surface area contributed by atoms with Crippen LogP contribution in [0.4, 0.5) is 0 Å². The Hall–Kier alpha value is -1.86. The molecule has 0 aliphatic rings. The molecule has 124 valence electrons. The highest BCUT2D eigenvalue weighted by molar-refractivity contribution is 7.89. The number of hydrogen-bond donors (Lipinski definition) is 1. The molecule has 0 saturated heterocycles. The molecular formula is C16H13Cl2N3O2S. The standard InChI is InChI=1S/C16H13Cl2N3O2S/c17-13-8-14(18)10-16(9-13)24(22,23)20-11-12-2-4-15(5-3-12)21-7-1-6-19-21/h1-10,20H,11H2. The fourth-order valence-electron chi connectivity index (χ4n) is 2.13. The van der Waals surface area contributed by atoms with Crippen LogP contribution in [0.25, 0.3) is 5.69 Å². The van der Waals surface area contributed by atoms with Gasteiger partial charge in [-0.25, -0.2) is 17.8 Å². The lowest BCUT2D eigenvalue weighted by Crippen LogP contribution is -2.23. The van der Waals surface area contributed by atoms with E-state index in [0.717, 1.165) is 11.3 Å². The molecule has 5 nitrogen and oxygen atoms in total. The van der Waals surface area contributed by atoms with Crippen molar-refractivity contribution in [3.8, 4) is 5.69 Å². The number of halogens is 2. The van der Waals surface area contributed by atoms with Gasteiger partial charge in [-0.3, -0.25) is 0 Å². The summed E-state index contributed by atoms with van der Waals surface area (Å²) < 4.78 is 28.9. The highest BCUT2D eigenvalue weighted by Gasteiger charge is 2.15. The van der Waals surface area contributed by atoms with E-state index in [2.05, 4.69) is 9.82 Å². The van der Waals surface area contributed by atoms with Gasteiger partial charge in [-0.1, -0.05) is 35.3 Å². The summed E-state index contributed by atoms with van der Waals surface area (Å²) in [6.45, 7) is 0.159. The Morgan fingerprint density at radius 3 is 2.29 bits per heavy atom. The van der Waals surface area contributed by atoms with Crippen molar-refractivity contribution < 1.29 is 8.42 Å². The Kier molecular flexibility index (Phi) is 4.91. The molecule has 0 spiro atoms. The minimum absolute atomic E-state index is 0.0353. The van der Waals surface area contributed by atoms with Crippen molar-refractivity contribution in [3.05, 3.63) is 76.5 Å². The zero-order chi connectivity index (χ0) is 17.2. The smallest absolute Gasteiger partial charge is 0.240 e. The number of rotatable bonds is 5. The Labute approximate surface area is 149 Å². The highest BCUT2D eigenvalue weighted by atomic mass is 35.5. The van der Waals surface area contributed by atoms with Gasteiger partial charge in [0.25, 0.3) is 0 Å². The zero-order valence-corrected chi connectivity index (χ0v) is 14.7. The maximum absolute atomic E-state index is 12.3. The summed E-state index contributed by atoms with van der Waals surface area (Å²) in [5, 5.41) is 4.68. The number of aromatic nitrogens is 2. The van der Waals surface area contributed by atoms with E-state index in [1.54, 1.807) is 10.9 Å². The van der Waals surface area contributed by atoms with Crippen LogP contribution in [0.5, 0.6) is 0 Å². The summed E-state index contributed by atoms with van der Waals surface area (Å²) >= 11 is 11.7. The van der Waals surface area contributed by atoms with Crippen molar-refractivity contribution in [1.82, 2.24) is 14.5 Å². The van der Waals surface area contributed by atoms with E-state index in [-0.39, 0.29) is 21.5 Å². The Bertz CT molecular complexity index is 920. The van der Waals surface area contributed by atoms with Crippen LogP contribution in [0.2, 0.25) is 10.0 Å². The largest absolute Gasteiger partial charge is 0.241 e. The van der Waals surface area contributed by atoms with Crippen LogP contribution in [0, 0.1) is 0 Å². The molecule has 0 aliphatic heterocycles. The van der Waals surface area contributed by atoms with Gasteiger partial charge >= 0.3 is 0 Å². The average molecular weight is 382 g/mol. The Balaban J connectivity index is 1.72. The van der Waals surface area contributed by atoms with E-state index in [1.165, 1.54) is 18.2 Å². The van der Waals surface area contributed by atoms with Gasteiger partial charge in [-0.15, -0.1) is 0 Å². The lowest BCUT2D eigenvalue weighted by molar-refractivity contribution is 0.581. The third-order valence-electron chi connectivity index (χ3n) is 3.32. The first-order valence-corrected chi connectivity index (χ1v) is 9.23. The van der Waals surface area contributed by atoms with Gasteiger partial charge in [0.05, 0.1) is 10.6 Å². The topological polar surface area (TPSA) is 64.0 Å². The Morgan fingerprint density at radius 1 is 1.04 bits per heavy atom. The lowest BCUT2D eigenvalue weighted by atomic mass is 10.2. The summed E-state index contributed by atoms with van der Waals surface area (Å²) in [6.07, 6.45) is 3.53. The Morgan fingerprint density at radius 2 is 1.71 bits per heavy atom. The second-order valence-electron chi connectivity index (χ2n) is 5.05. The summed E-state index contributed by atoms with van der Waals surface area (Å²) in [7, 11) is -3.69. The molecular weight excluding hydrogens is 369 g/mol. The minimum Gasteiger partial charge on any atom is -0.241 e. The van der Waals surface area contributed by atoms with Gasteiger partial charge in [0, 0.05) is 29.0 Å². The third kappa shape index (κ3) is 3.96. The molecule has 0 amide bonds. The maximum atomic E-state index is 12.3. The predicted octanol–water partition coefficient (Wildman–Crippen LogP) is 3.66. The first-order chi connectivity index (χ1) is 11.4. The molecule has 0 fully saturated rings. The highest BCUT2D eigenvalue weighted by Crippen LogP contribution is 2.22. The van der Waals surface area contributed by atoms with Crippen molar-refractivity contribution in [1.29, 1.82) is 0 Å². The summed E-state index contributed by atoms with van der Waals surface area (Å²) in [5.41, 5.74) is 1.72. The van der Waals surface area contributed by atoms with Crippen LogP contribution in [0.3, 0.4) is 0 Å². The molecule has 0 bridgehead atoms. The molecule has 3 aromatic rings. The molecule has 0 saturated carbocycles. The quantitative estimate of drug-likeness (QED) is 0.733. The zero-order valence-electron chi connectivity index (χ0n) is 12.4. The van der Waals surface area contributed by atoms with E-state index >= 15 is 0 Å². The third-order valence-corrected chi connectivity index (χ3v) is 5.14. The van der Waals surface area contributed by atoms with E-state index in [1.807, 2.05) is 36.5 Å². The molecule has 3 rings (SSSR count). The van der Waals surface area contributed by atoms with Crippen molar-refractivity contribution >= 4 is 33.2 Å². The van der Waals surface area contributed by atoms with E-state index < -0.39 is 10.0 Å². The first-order valence-electron chi connectivity index (χ1n) is 6.99. The molecule has 1 heterocycles. The molecule has 0 radical (unpaired) electrons. The molecule has 0 atom stereocenters. The van der Waals surface area contributed by atoms with E-state index in [4.69, 9.17) is 23.2 Å². The van der Waals surface area contributed by atoms with Crippen LogP contribution in [-0.4, -0.2) is 18.2 Å². The van der Waals surface area contributed by atoms with Gasteiger partial charge in [0.2, 0.25) is 10.0 Å². The number of sulfonamides is 1. The monoisotopic (exact) mass is 381 g/mol. The fraction of sp³-hybridized carbons (Fsp3) is 0.0625. The molecule has 0 unspecified atom stereocenters. The SMILES string of the molecule is O=S(=O)(NCc1ccc(-n2cccn2)cc1)c1cc(Cl)cc(Cl)c1. The second-order valence-corrected chi connectivity index (χ2v) is 7.69. The van der Waals surface area contributed by atoms with E-state index in [0.29, 0.717) is 0 Å². The number of nitrogens with zero attached hydrogens (tertiary/aromatic N) is 2. The summed E-state index contributed by atoms with van der Waals surface area (Å²) in [5.74, 6) is 0. The maximum Gasteiger partial charge on any atom is 0.240 e. The molecule has 24 heavy (non-hydrogen) atoms. The molecule has 1 aromatic heterocycles. The van der Waals surface area contributed by atoms with Crippen molar-refractivity contribution in [2.45, 2.75) is 11.4 Å². The normalized spacial score (nSPS) is 11.6. The van der Waals surface area contributed by atoms with Crippen LogP contribution in [-0.2, 0) is 16.6 Å². The second kappa shape index (κ2) is 6.94. The van der Waals surface area contributed by atoms with Crippen LogP contribution < -0.4 is 4.72 Å². The van der Waals surface area contributed by atoms with Gasteiger partial charge in [-0.2, -0.15) is 5.10 Å². The summed E-state index contributed by atoms with van der Waals surface area (Å²) in [6, 6.07) is 13.4. The average Bonchev–Trinajstić information content (AvgIpc) is 3.07. The predicted molar refractivity (Wildman–Crippen MR) is 94.1 cm³/mol. The first kappa shape index (κ1) is 17.0. The molecule has 0 aliphatic carbocycles. The van der Waals surface area contributed by atoms with Gasteiger partial charge < -0.3 is 0 Å². The molecule has 2 aromatic carbocycles. The minimum atomic E-state index is -3.69. The van der Waals surface area contributed by atoms with Crippen LogP contribution in [0.15, 0.2) is 65.8 Å². The number of benzene rings is 2. The van der Waals surface area contributed by atoms with Crippen LogP contribution in [0.1, 0.15) is 5.56 Å². The number of hydrogen-bond acceptors (Lipinski definition) is 3. The van der Waals surface area contributed by atoms with Crippen molar-refractivity contribution in [2.75, 3.05) is 0 Å². The summed E-state index contributed by atoms with van der Waals surface area (Å²) in [4.78, 5) is 0.0353. The molecule has 8 heteroatoms. The lowest BCUT2D eigenvalue weighted by Gasteiger charge is -2.09. The van der Waals surface area contributed by atoms with Crippen molar-refractivity contribution in [2.24, 2.45) is 0 Å². The van der Waals surface area contributed by atoms with Crippen molar-refractivity contribution in [3.63, 3.8) is 0 Å². The molecule has 1 N–H and O–H groups in total.